The molecule has 2 heterocycles. The maximum absolute atomic E-state index is 12.5. The monoisotopic (exact) mass is 331 g/mol. The standard InChI is InChI=1S/C17H21N3O2S/c1-12-11-23-16(19-12)10-18-17(21)20-9-3-4-15(20)13-5-7-14(22-2)8-6-13/h5-8,11,15H,3-4,9-10H2,1-2H3,(H,18,21). The number of hydrogen-bond donors (Lipinski definition) is 1. The highest BCUT2D eigenvalue weighted by Crippen LogP contribution is 2.32. The van der Waals surface area contributed by atoms with E-state index >= 15 is 0 Å². The van der Waals surface area contributed by atoms with Gasteiger partial charge >= 0.3 is 6.03 Å². The van der Waals surface area contributed by atoms with Gasteiger partial charge in [-0.2, -0.15) is 0 Å². The van der Waals surface area contributed by atoms with Crippen molar-refractivity contribution in [2.75, 3.05) is 13.7 Å². The second-order valence-electron chi connectivity index (χ2n) is 5.67. The Balaban J connectivity index is 1.64. The first-order valence-corrected chi connectivity index (χ1v) is 8.65. The fraction of sp³-hybridized carbons (Fsp3) is 0.412. The number of carbonyl (C=O) groups is 1. The minimum Gasteiger partial charge on any atom is -0.497 e. The van der Waals surface area contributed by atoms with Crippen molar-refractivity contribution in [1.29, 1.82) is 0 Å². The molecule has 2 amide bonds. The van der Waals surface area contributed by atoms with Crippen LogP contribution in [0.4, 0.5) is 4.79 Å². The van der Waals surface area contributed by atoms with Crippen molar-refractivity contribution < 1.29 is 9.53 Å². The second-order valence-corrected chi connectivity index (χ2v) is 6.61. The number of rotatable bonds is 4. The molecule has 1 fully saturated rings. The normalized spacial score (nSPS) is 17.3. The van der Waals surface area contributed by atoms with Crippen molar-refractivity contribution in [2.45, 2.75) is 32.4 Å². The number of nitrogens with one attached hydrogen (secondary N) is 1. The summed E-state index contributed by atoms with van der Waals surface area (Å²) < 4.78 is 5.20. The first-order chi connectivity index (χ1) is 11.2. The van der Waals surface area contributed by atoms with Crippen LogP contribution in [0.1, 0.15) is 35.1 Å². The van der Waals surface area contributed by atoms with Gasteiger partial charge in [-0.1, -0.05) is 12.1 Å². The van der Waals surface area contributed by atoms with Gasteiger partial charge in [0, 0.05) is 17.6 Å². The minimum absolute atomic E-state index is 0.0174. The number of likely N-dealkylation sites (tertiary alicyclic amines) is 1. The fourth-order valence-corrected chi connectivity index (χ4v) is 3.63. The summed E-state index contributed by atoms with van der Waals surface area (Å²) in [5, 5.41) is 5.93. The summed E-state index contributed by atoms with van der Waals surface area (Å²) in [5.41, 5.74) is 2.15. The highest BCUT2D eigenvalue weighted by Gasteiger charge is 2.29. The number of benzene rings is 1. The molecule has 5 nitrogen and oxygen atoms in total. The Hall–Kier alpha value is -2.08. The second kappa shape index (κ2) is 7.00. The molecule has 1 N–H and O–H groups in total. The van der Waals surface area contributed by atoms with Crippen LogP contribution in [0, 0.1) is 6.92 Å². The van der Waals surface area contributed by atoms with E-state index in [-0.39, 0.29) is 12.1 Å². The van der Waals surface area contributed by atoms with E-state index in [4.69, 9.17) is 4.74 Å². The predicted octanol–water partition coefficient (Wildman–Crippen LogP) is 3.51. The van der Waals surface area contributed by atoms with Crippen molar-refractivity contribution in [3.8, 4) is 5.75 Å². The lowest BCUT2D eigenvalue weighted by molar-refractivity contribution is 0.192. The van der Waals surface area contributed by atoms with E-state index in [9.17, 15) is 4.79 Å². The minimum atomic E-state index is -0.0174. The van der Waals surface area contributed by atoms with Crippen molar-refractivity contribution in [3.05, 3.63) is 45.9 Å². The molecule has 0 saturated carbocycles. The number of thiazole rings is 1. The van der Waals surface area contributed by atoms with Crippen LogP contribution in [-0.2, 0) is 6.54 Å². The molecule has 6 heteroatoms. The molecule has 1 unspecified atom stereocenters. The van der Waals surface area contributed by atoms with Crippen LogP contribution < -0.4 is 10.1 Å². The summed E-state index contributed by atoms with van der Waals surface area (Å²) in [6, 6.07) is 8.10. The van der Waals surface area contributed by atoms with E-state index < -0.39 is 0 Å². The van der Waals surface area contributed by atoms with Crippen LogP contribution in [0.2, 0.25) is 0 Å². The molecule has 1 aromatic heterocycles. The largest absolute Gasteiger partial charge is 0.497 e. The Bertz CT molecular complexity index is 669. The first kappa shape index (κ1) is 15.8. The molecule has 122 valence electrons. The van der Waals surface area contributed by atoms with Crippen LogP contribution in [0.25, 0.3) is 0 Å². The van der Waals surface area contributed by atoms with Gasteiger partial charge in [-0.15, -0.1) is 11.3 Å². The zero-order valence-electron chi connectivity index (χ0n) is 13.4. The maximum Gasteiger partial charge on any atom is 0.318 e. The summed E-state index contributed by atoms with van der Waals surface area (Å²) in [4.78, 5) is 18.8. The van der Waals surface area contributed by atoms with Crippen LogP contribution in [0.3, 0.4) is 0 Å². The highest BCUT2D eigenvalue weighted by atomic mass is 32.1. The zero-order valence-corrected chi connectivity index (χ0v) is 14.2. The van der Waals surface area contributed by atoms with E-state index in [1.54, 1.807) is 18.4 Å². The lowest BCUT2D eigenvalue weighted by Gasteiger charge is -2.25. The van der Waals surface area contributed by atoms with Crippen molar-refractivity contribution in [1.82, 2.24) is 15.2 Å². The summed E-state index contributed by atoms with van der Waals surface area (Å²) in [5.74, 6) is 0.835. The Labute approximate surface area is 140 Å². The first-order valence-electron chi connectivity index (χ1n) is 7.77. The molecular weight excluding hydrogens is 310 g/mol. The van der Waals surface area contributed by atoms with Gasteiger partial charge < -0.3 is 15.0 Å². The van der Waals surface area contributed by atoms with E-state index in [0.29, 0.717) is 6.54 Å². The molecule has 0 spiro atoms. The maximum atomic E-state index is 12.5. The van der Waals surface area contributed by atoms with Crippen LogP contribution in [0.5, 0.6) is 5.75 Å². The Morgan fingerprint density at radius 3 is 2.87 bits per heavy atom. The van der Waals surface area contributed by atoms with Gasteiger partial charge in [-0.05, 0) is 37.5 Å². The molecule has 0 bridgehead atoms. The number of amides is 2. The third-order valence-corrected chi connectivity index (χ3v) is 5.04. The summed E-state index contributed by atoms with van der Waals surface area (Å²) >= 11 is 1.58. The number of methoxy groups -OCH3 is 1. The van der Waals surface area contributed by atoms with Gasteiger partial charge in [0.25, 0.3) is 0 Å². The van der Waals surface area contributed by atoms with Gasteiger partial charge in [0.1, 0.15) is 10.8 Å². The molecule has 1 aliphatic heterocycles. The van der Waals surface area contributed by atoms with E-state index in [0.717, 1.165) is 41.4 Å². The molecule has 1 aliphatic rings. The number of urea groups is 1. The van der Waals surface area contributed by atoms with Crippen LogP contribution >= 0.6 is 11.3 Å². The van der Waals surface area contributed by atoms with Gasteiger partial charge in [0.2, 0.25) is 0 Å². The fourth-order valence-electron chi connectivity index (χ4n) is 2.92. The smallest absolute Gasteiger partial charge is 0.318 e. The van der Waals surface area contributed by atoms with Gasteiger partial charge in [-0.3, -0.25) is 0 Å². The molecular formula is C17H21N3O2S. The van der Waals surface area contributed by atoms with Gasteiger partial charge in [-0.25, -0.2) is 9.78 Å². The number of nitrogens with zero attached hydrogens (tertiary/aromatic N) is 2. The molecule has 23 heavy (non-hydrogen) atoms. The van der Waals surface area contributed by atoms with Crippen LogP contribution in [-0.4, -0.2) is 29.6 Å². The number of aromatic nitrogens is 1. The third-order valence-electron chi connectivity index (χ3n) is 4.07. The van der Waals surface area contributed by atoms with E-state index in [1.165, 1.54) is 0 Å². The molecule has 0 radical (unpaired) electrons. The number of ether oxygens (including phenoxy) is 1. The van der Waals surface area contributed by atoms with Crippen molar-refractivity contribution in [3.63, 3.8) is 0 Å². The Morgan fingerprint density at radius 1 is 1.43 bits per heavy atom. The summed E-state index contributed by atoms with van der Waals surface area (Å²) in [7, 11) is 1.66. The highest BCUT2D eigenvalue weighted by molar-refractivity contribution is 7.09. The summed E-state index contributed by atoms with van der Waals surface area (Å²) in [6.45, 7) is 3.24. The molecule has 2 aromatic rings. The number of carbonyl (C=O) groups excluding carboxylic acids is 1. The molecule has 1 saturated heterocycles. The van der Waals surface area contributed by atoms with E-state index in [2.05, 4.69) is 10.3 Å². The van der Waals surface area contributed by atoms with Crippen LogP contribution in [0.15, 0.2) is 29.6 Å². The Kier molecular flexibility index (Phi) is 4.81. The topological polar surface area (TPSA) is 54.5 Å². The molecule has 1 aromatic carbocycles. The Morgan fingerprint density at radius 2 is 2.22 bits per heavy atom. The quantitative estimate of drug-likeness (QED) is 0.933. The average Bonchev–Trinajstić information content (AvgIpc) is 3.21. The molecule has 3 rings (SSSR count). The number of aryl methyl sites for hydroxylation is 1. The van der Waals surface area contributed by atoms with Gasteiger partial charge in [0.05, 0.1) is 19.7 Å². The lowest BCUT2D eigenvalue weighted by atomic mass is 10.0. The third kappa shape index (κ3) is 3.64. The molecule has 0 aliphatic carbocycles. The average molecular weight is 331 g/mol. The SMILES string of the molecule is COc1ccc(C2CCCN2C(=O)NCc2nc(C)cs2)cc1. The van der Waals surface area contributed by atoms with Crippen molar-refractivity contribution >= 4 is 17.4 Å². The van der Waals surface area contributed by atoms with E-state index in [1.807, 2.05) is 41.5 Å². The number of hydrogen-bond acceptors (Lipinski definition) is 4. The van der Waals surface area contributed by atoms with Crippen molar-refractivity contribution in [2.24, 2.45) is 0 Å². The van der Waals surface area contributed by atoms with Gasteiger partial charge in [0.15, 0.2) is 0 Å². The predicted molar refractivity (Wildman–Crippen MR) is 90.8 cm³/mol. The lowest BCUT2D eigenvalue weighted by Crippen LogP contribution is -2.39. The molecule has 1 atom stereocenters. The zero-order chi connectivity index (χ0) is 16.2. The summed E-state index contributed by atoms with van der Waals surface area (Å²) in [6.07, 6.45) is 2.02.